The van der Waals surface area contributed by atoms with Gasteiger partial charge in [0.2, 0.25) is 0 Å². The van der Waals surface area contributed by atoms with E-state index < -0.39 is 0 Å². The van der Waals surface area contributed by atoms with E-state index in [2.05, 4.69) is 16.9 Å². The van der Waals surface area contributed by atoms with Gasteiger partial charge in [0, 0.05) is 29.1 Å². The van der Waals surface area contributed by atoms with E-state index in [0.29, 0.717) is 13.0 Å². The number of aromatic nitrogens is 2. The van der Waals surface area contributed by atoms with E-state index in [1.165, 1.54) is 10.7 Å². The van der Waals surface area contributed by atoms with Crippen molar-refractivity contribution in [1.82, 2.24) is 9.78 Å². The van der Waals surface area contributed by atoms with Crippen LogP contribution in [0.25, 0.3) is 0 Å². The summed E-state index contributed by atoms with van der Waals surface area (Å²) < 4.78 is 1.41. The van der Waals surface area contributed by atoms with Gasteiger partial charge in [-0.05, 0) is 17.5 Å². The lowest BCUT2D eigenvalue weighted by Gasteiger charge is -2.01. The molecule has 0 unspecified atom stereocenters. The summed E-state index contributed by atoms with van der Waals surface area (Å²) in [5.74, 6) is 5.87. The molecule has 0 amide bonds. The Morgan fingerprint density at radius 3 is 3.11 bits per heavy atom. The van der Waals surface area contributed by atoms with Gasteiger partial charge in [0.1, 0.15) is 0 Å². The van der Waals surface area contributed by atoms with Gasteiger partial charge in [0.15, 0.2) is 0 Å². The van der Waals surface area contributed by atoms with Crippen LogP contribution in [0.15, 0.2) is 34.6 Å². The highest BCUT2D eigenvalue weighted by molar-refractivity contribution is 7.10. The molecule has 0 aliphatic heterocycles. The maximum atomic E-state index is 11.6. The van der Waals surface area contributed by atoms with Gasteiger partial charge in [-0.25, -0.2) is 4.68 Å². The van der Waals surface area contributed by atoms with Gasteiger partial charge in [0.25, 0.3) is 5.56 Å². The van der Waals surface area contributed by atoms with Gasteiger partial charge in [-0.1, -0.05) is 11.8 Å². The highest BCUT2D eigenvalue weighted by Gasteiger charge is 2.04. The van der Waals surface area contributed by atoms with Gasteiger partial charge in [0.05, 0.1) is 13.2 Å². The number of thiophene rings is 1. The van der Waals surface area contributed by atoms with Crippen LogP contribution in [0.2, 0.25) is 0 Å². The topological polar surface area (TPSA) is 55.1 Å². The SMILES string of the molecule is O=c1cccnn1Cc1sccc1C#CCCO. The molecule has 4 nitrogen and oxygen atoms in total. The molecule has 0 bridgehead atoms. The molecule has 2 aromatic heterocycles. The van der Waals surface area contributed by atoms with E-state index in [-0.39, 0.29) is 12.2 Å². The van der Waals surface area contributed by atoms with E-state index >= 15 is 0 Å². The summed E-state index contributed by atoms with van der Waals surface area (Å²) in [6.45, 7) is 0.493. The molecule has 0 radical (unpaired) electrons. The standard InChI is InChI=1S/C13H12N2O2S/c16-8-2-1-4-11-6-9-18-12(11)10-15-13(17)5-3-7-14-15/h3,5-7,9,16H,2,8,10H2. The Bertz CT molecular complexity index is 634. The molecule has 0 aromatic carbocycles. The molecule has 0 fully saturated rings. The Morgan fingerprint density at radius 1 is 1.44 bits per heavy atom. The Balaban J connectivity index is 2.21. The summed E-state index contributed by atoms with van der Waals surface area (Å²) in [4.78, 5) is 12.6. The number of aliphatic hydroxyl groups is 1. The third-order valence-electron chi connectivity index (χ3n) is 2.28. The van der Waals surface area contributed by atoms with Crippen LogP contribution in [0, 0.1) is 11.8 Å². The molecule has 2 rings (SSSR count). The molecule has 0 saturated carbocycles. The van der Waals surface area contributed by atoms with Crippen molar-refractivity contribution >= 4 is 11.3 Å². The zero-order valence-corrected chi connectivity index (χ0v) is 10.5. The summed E-state index contributed by atoms with van der Waals surface area (Å²) in [6.07, 6.45) is 2.05. The number of nitrogens with zero attached hydrogens (tertiary/aromatic N) is 2. The van der Waals surface area contributed by atoms with Crippen LogP contribution in [0.1, 0.15) is 16.9 Å². The average molecular weight is 260 g/mol. The monoisotopic (exact) mass is 260 g/mol. The Morgan fingerprint density at radius 2 is 2.33 bits per heavy atom. The van der Waals surface area contributed by atoms with Crippen molar-refractivity contribution in [2.24, 2.45) is 0 Å². The first-order valence-corrected chi connectivity index (χ1v) is 6.37. The van der Waals surface area contributed by atoms with Crippen LogP contribution >= 0.6 is 11.3 Å². The number of hydrogen-bond donors (Lipinski definition) is 1. The van der Waals surface area contributed by atoms with E-state index in [4.69, 9.17) is 5.11 Å². The predicted molar refractivity (Wildman–Crippen MR) is 70.5 cm³/mol. The third kappa shape index (κ3) is 3.06. The first-order valence-electron chi connectivity index (χ1n) is 5.49. The Labute approximate surface area is 109 Å². The minimum absolute atomic E-state index is 0.0617. The molecule has 5 heteroatoms. The van der Waals surface area contributed by atoms with Crippen molar-refractivity contribution in [2.75, 3.05) is 6.61 Å². The lowest BCUT2D eigenvalue weighted by molar-refractivity contribution is 0.305. The molecule has 0 atom stereocenters. The number of hydrogen-bond acceptors (Lipinski definition) is 4. The van der Waals surface area contributed by atoms with E-state index in [9.17, 15) is 4.79 Å². The summed E-state index contributed by atoms with van der Waals surface area (Å²) in [5.41, 5.74) is 0.770. The van der Waals surface area contributed by atoms with Gasteiger partial charge in [-0.3, -0.25) is 4.79 Å². The quantitative estimate of drug-likeness (QED) is 0.840. The van der Waals surface area contributed by atoms with Crippen LogP contribution in [-0.4, -0.2) is 21.5 Å². The van der Waals surface area contributed by atoms with Crippen molar-refractivity contribution < 1.29 is 5.11 Å². The molecule has 2 heterocycles. The lowest BCUT2D eigenvalue weighted by Crippen LogP contribution is -2.21. The molecule has 92 valence electrons. The van der Waals surface area contributed by atoms with Gasteiger partial charge in [-0.2, -0.15) is 5.10 Å². The molecule has 0 aliphatic rings. The first kappa shape index (κ1) is 12.6. The minimum Gasteiger partial charge on any atom is -0.395 e. The van der Waals surface area contributed by atoms with E-state index in [0.717, 1.165) is 10.4 Å². The summed E-state index contributed by atoms with van der Waals surface area (Å²) in [7, 11) is 0. The molecule has 0 spiro atoms. The highest BCUT2D eigenvalue weighted by Crippen LogP contribution is 2.16. The second-order valence-corrected chi connectivity index (χ2v) is 4.55. The van der Waals surface area contributed by atoms with Gasteiger partial charge >= 0.3 is 0 Å². The molecular formula is C13H12N2O2S. The van der Waals surface area contributed by atoms with Crippen molar-refractivity contribution in [1.29, 1.82) is 0 Å². The molecule has 0 aliphatic carbocycles. The number of rotatable bonds is 3. The Hall–Kier alpha value is -1.90. The van der Waals surface area contributed by atoms with Gasteiger partial charge in [-0.15, -0.1) is 11.3 Å². The van der Waals surface area contributed by atoms with Crippen LogP contribution < -0.4 is 5.56 Å². The van der Waals surface area contributed by atoms with Crippen molar-refractivity contribution in [3.8, 4) is 11.8 Å². The fraction of sp³-hybridized carbons (Fsp3) is 0.231. The van der Waals surface area contributed by atoms with Crippen molar-refractivity contribution in [3.63, 3.8) is 0 Å². The average Bonchev–Trinajstić information content (AvgIpc) is 2.80. The van der Waals surface area contributed by atoms with Crippen LogP contribution in [0.5, 0.6) is 0 Å². The van der Waals surface area contributed by atoms with Crippen molar-refractivity contribution in [2.45, 2.75) is 13.0 Å². The largest absolute Gasteiger partial charge is 0.395 e. The zero-order chi connectivity index (χ0) is 12.8. The highest BCUT2D eigenvalue weighted by atomic mass is 32.1. The first-order chi connectivity index (χ1) is 8.81. The third-order valence-corrected chi connectivity index (χ3v) is 3.19. The maximum absolute atomic E-state index is 11.6. The minimum atomic E-state index is -0.125. The summed E-state index contributed by atoms with van der Waals surface area (Å²) >= 11 is 1.55. The maximum Gasteiger partial charge on any atom is 0.267 e. The second kappa shape index (κ2) is 6.15. The molecular weight excluding hydrogens is 248 g/mol. The fourth-order valence-corrected chi connectivity index (χ4v) is 2.24. The fourth-order valence-electron chi connectivity index (χ4n) is 1.43. The molecule has 18 heavy (non-hydrogen) atoms. The van der Waals surface area contributed by atoms with Crippen LogP contribution in [0.4, 0.5) is 0 Å². The van der Waals surface area contributed by atoms with Crippen LogP contribution in [-0.2, 0) is 6.54 Å². The number of aliphatic hydroxyl groups excluding tert-OH is 1. The predicted octanol–water partition coefficient (Wildman–Crippen LogP) is 1.09. The zero-order valence-electron chi connectivity index (χ0n) is 9.67. The summed E-state index contributed by atoms with van der Waals surface area (Å²) in [6, 6.07) is 5.02. The normalized spacial score (nSPS) is 9.83. The van der Waals surface area contributed by atoms with Gasteiger partial charge < -0.3 is 5.11 Å². The lowest BCUT2D eigenvalue weighted by atomic mass is 10.2. The van der Waals surface area contributed by atoms with E-state index in [1.807, 2.05) is 11.4 Å². The second-order valence-electron chi connectivity index (χ2n) is 3.55. The molecule has 0 saturated heterocycles. The summed E-state index contributed by atoms with van der Waals surface area (Å²) in [5, 5.41) is 14.6. The smallest absolute Gasteiger partial charge is 0.267 e. The van der Waals surface area contributed by atoms with E-state index in [1.54, 1.807) is 23.6 Å². The molecule has 1 N–H and O–H groups in total. The van der Waals surface area contributed by atoms with Crippen LogP contribution in [0.3, 0.4) is 0 Å². The molecule has 2 aromatic rings. The Kier molecular flexibility index (Phi) is 4.29. The van der Waals surface area contributed by atoms with Crippen molar-refractivity contribution in [3.05, 3.63) is 50.6 Å².